The summed E-state index contributed by atoms with van der Waals surface area (Å²) >= 11 is 3.18. The quantitative estimate of drug-likeness (QED) is 0.286. The van der Waals surface area contributed by atoms with E-state index in [0.29, 0.717) is 29.9 Å². The summed E-state index contributed by atoms with van der Waals surface area (Å²) in [5, 5.41) is 12.3. The molecule has 0 saturated carbocycles. The first-order chi connectivity index (χ1) is 15.4. The van der Waals surface area contributed by atoms with Crippen molar-refractivity contribution >= 4 is 45.0 Å². The molecule has 170 valence electrons. The third kappa shape index (κ3) is 6.43. The van der Waals surface area contributed by atoms with E-state index in [1.54, 1.807) is 37.3 Å². The van der Waals surface area contributed by atoms with Gasteiger partial charge in [-0.1, -0.05) is 28.1 Å². The van der Waals surface area contributed by atoms with Gasteiger partial charge in [-0.15, -0.1) is 0 Å². The number of ether oxygens (including phenoxy) is 2. The molecule has 0 radical (unpaired) electrons. The van der Waals surface area contributed by atoms with E-state index < -0.39 is 17.8 Å². The highest BCUT2D eigenvalue weighted by Gasteiger charge is 2.21. The van der Waals surface area contributed by atoms with E-state index in [-0.39, 0.29) is 35.9 Å². The maximum atomic E-state index is 14.0. The minimum Gasteiger partial charge on any atom is -0.494 e. The van der Waals surface area contributed by atoms with Gasteiger partial charge >= 0.3 is 11.9 Å². The number of carbonyl (C=O) groups is 2. The minimum absolute atomic E-state index is 0.0516. The zero-order chi connectivity index (χ0) is 23.1. The van der Waals surface area contributed by atoms with Gasteiger partial charge in [-0.3, -0.25) is 4.79 Å². The topological polar surface area (TPSA) is 111 Å². The van der Waals surface area contributed by atoms with Gasteiger partial charge in [-0.05, 0) is 43.2 Å². The average Bonchev–Trinajstić information content (AvgIpc) is 3.15. The Morgan fingerprint density at radius 2 is 2.03 bits per heavy atom. The Balaban J connectivity index is 1.57. The highest BCUT2D eigenvalue weighted by molar-refractivity contribution is 9.10. The third-order valence-corrected chi connectivity index (χ3v) is 4.93. The van der Waals surface area contributed by atoms with Gasteiger partial charge in [0, 0.05) is 17.3 Å². The average molecular weight is 509 g/mol. The molecule has 0 aliphatic carbocycles. The largest absolute Gasteiger partial charge is 0.494 e. The summed E-state index contributed by atoms with van der Waals surface area (Å²) in [5.74, 6) is -1.35. The van der Waals surface area contributed by atoms with Crippen LogP contribution in [0.3, 0.4) is 0 Å². The number of halogens is 2. The number of rotatable bonds is 11. The van der Waals surface area contributed by atoms with Crippen molar-refractivity contribution in [2.45, 2.75) is 32.2 Å². The molecule has 0 unspecified atom stereocenters. The summed E-state index contributed by atoms with van der Waals surface area (Å²) < 4.78 is 30.3. The molecule has 10 heteroatoms. The lowest BCUT2D eigenvalue weighted by molar-refractivity contribution is -0.143. The molecule has 0 amide bonds. The molecule has 2 aromatic carbocycles. The SMILES string of the molecule is CCOC(=O)CCCOc1ccc(C[C@H](Nc2nc3cc(Br)cc(F)c3o2)C(=O)O)cc1. The summed E-state index contributed by atoms with van der Waals surface area (Å²) in [6.07, 6.45) is 0.963. The van der Waals surface area contributed by atoms with Gasteiger partial charge in [0.25, 0.3) is 6.01 Å². The fraction of sp³-hybridized carbons (Fsp3) is 0.318. The maximum Gasteiger partial charge on any atom is 0.326 e. The van der Waals surface area contributed by atoms with Gasteiger partial charge in [0.15, 0.2) is 11.4 Å². The number of benzene rings is 2. The fourth-order valence-corrected chi connectivity index (χ4v) is 3.39. The first-order valence-corrected chi connectivity index (χ1v) is 10.8. The van der Waals surface area contributed by atoms with E-state index in [2.05, 4.69) is 26.2 Å². The minimum atomic E-state index is -1.10. The van der Waals surface area contributed by atoms with Crippen LogP contribution in [-0.2, 0) is 20.7 Å². The lowest BCUT2D eigenvalue weighted by Gasteiger charge is -2.13. The van der Waals surface area contributed by atoms with Crippen molar-refractivity contribution in [1.29, 1.82) is 0 Å². The molecule has 0 saturated heterocycles. The van der Waals surface area contributed by atoms with E-state index in [0.717, 1.165) is 5.56 Å². The number of nitrogens with one attached hydrogen (secondary N) is 1. The summed E-state index contributed by atoms with van der Waals surface area (Å²) in [6.45, 7) is 2.48. The predicted octanol–water partition coefficient (Wildman–Crippen LogP) is 4.56. The van der Waals surface area contributed by atoms with E-state index in [4.69, 9.17) is 13.9 Å². The molecule has 0 aliphatic heterocycles. The fourth-order valence-electron chi connectivity index (χ4n) is 2.97. The van der Waals surface area contributed by atoms with Crippen LogP contribution in [0.2, 0.25) is 0 Å². The third-order valence-electron chi connectivity index (χ3n) is 4.47. The van der Waals surface area contributed by atoms with Gasteiger partial charge in [-0.25, -0.2) is 9.18 Å². The Bertz CT molecular complexity index is 1090. The van der Waals surface area contributed by atoms with Crippen LogP contribution < -0.4 is 10.1 Å². The molecule has 0 aliphatic rings. The van der Waals surface area contributed by atoms with E-state index in [1.807, 2.05) is 0 Å². The zero-order valence-corrected chi connectivity index (χ0v) is 18.9. The van der Waals surface area contributed by atoms with Crippen LogP contribution in [0.1, 0.15) is 25.3 Å². The molecular weight excluding hydrogens is 487 g/mol. The highest BCUT2D eigenvalue weighted by atomic mass is 79.9. The summed E-state index contributed by atoms with van der Waals surface area (Å²) in [4.78, 5) is 27.1. The van der Waals surface area contributed by atoms with Crippen molar-refractivity contribution in [3.63, 3.8) is 0 Å². The Hall–Kier alpha value is -3.14. The summed E-state index contributed by atoms with van der Waals surface area (Å²) in [5.41, 5.74) is 0.964. The highest BCUT2D eigenvalue weighted by Crippen LogP contribution is 2.26. The smallest absolute Gasteiger partial charge is 0.326 e. The maximum absolute atomic E-state index is 14.0. The first-order valence-electron chi connectivity index (χ1n) is 9.98. The number of aromatic nitrogens is 1. The number of carbonyl (C=O) groups excluding carboxylic acids is 1. The van der Waals surface area contributed by atoms with Crippen LogP contribution in [0.5, 0.6) is 5.75 Å². The number of hydrogen-bond acceptors (Lipinski definition) is 7. The molecule has 1 aromatic heterocycles. The number of carboxylic acids is 1. The van der Waals surface area contributed by atoms with E-state index in [9.17, 15) is 19.1 Å². The summed E-state index contributed by atoms with van der Waals surface area (Å²) in [7, 11) is 0. The van der Waals surface area contributed by atoms with Crippen LogP contribution >= 0.6 is 15.9 Å². The van der Waals surface area contributed by atoms with Gasteiger partial charge in [0.05, 0.1) is 13.2 Å². The van der Waals surface area contributed by atoms with Crippen molar-refractivity contribution in [1.82, 2.24) is 4.98 Å². The van der Waals surface area contributed by atoms with E-state index in [1.165, 1.54) is 6.07 Å². The lowest BCUT2D eigenvalue weighted by atomic mass is 10.1. The molecule has 2 N–H and O–H groups in total. The molecule has 0 spiro atoms. The van der Waals surface area contributed by atoms with E-state index >= 15 is 0 Å². The number of aliphatic carboxylic acids is 1. The van der Waals surface area contributed by atoms with Crippen LogP contribution in [0.25, 0.3) is 11.1 Å². The Labute approximate surface area is 191 Å². The van der Waals surface area contributed by atoms with Gasteiger partial charge in [0.1, 0.15) is 17.3 Å². The van der Waals surface area contributed by atoms with Crippen LogP contribution in [0.4, 0.5) is 10.4 Å². The van der Waals surface area contributed by atoms with Crippen LogP contribution in [0, 0.1) is 5.82 Å². The van der Waals surface area contributed by atoms with Gasteiger partial charge in [0.2, 0.25) is 0 Å². The summed E-state index contributed by atoms with van der Waals surface area (Å²) in [6, 6.07) is 8.66. The van der Waals surface area contributed by atoms with Crippen LogP contribution in [-0.4, -0.2) is 41.3 Å². The molecule has 0 fully saturated rings. The van der Waals surface area contributed by atoms with Crippen molar-refractivity contribution in [2.24, 2.45) is 0 Å². The molecule has 1 atom stereocenters. The van der Waals surface area contributed by atoms with Crippen molar-refractivity contribution in [3.05, 3.63) is 52.3 Å². The molecule has 32 heavy (non-hydrogen) atoms. The van der Waals surface area contributed by atoms with Crippen molar-refractivity contribution in [3.8, 4) is 5.75 Å². The number of nitrogens with zero attached hydrogens (tertiary/aromatic N) is 1. The molecule has 0 bridgehead atoms. The molecule has 1 heterocycles. The zero-order valence-electron chi connectivity index (χ0n) is 17.3. The lowest BCUT2D eigenvalue weighted by Crippen LogP contribution is -2.31. The second-order valence-corrected chi connectivity index (χ2v) is 7.81. The molecular formula is C22H22BrFN2O6. The number of carboxylic acid groups (broad SMARTS) is 1. The normalized spacial score (nSPS) is 11.8. The number of fused-ring (bicyclic) bond motifs is 1. The van der Waals surface area contributed by atoms with Gasteiger partial charge < -0.3 is 24.3 Å². The Morgan fingerprint density at radius 3 is 2.72 bits per heavy atom. The molecule has 3 rings (SSSR count). The number of oxazole rings is 1. The molecule has 8 nitrogen and oxygen atoms in total. The Kier molecular flexibility index (Phi) is 8.04. The monoisotopic (exact) mass is 508 g/mol. The van der Waals surface area contributed by atoms with Crippen molar-refractivity contribution in [2.75, 3.05) is 18.5 Å². The number of hydrogen-bond donors (Lipinski definition) is 2. The number of esters is 1. The second-order valence-electron chi connectivity index (χ2n) is 6.90. The predicted molar refractivity (Wildman–Crippen MR) is 118 cm³/mol. The van der Waals surface area contributed by atoms with Gasteiger partial charge in [-0.2, -0.15) is 4.98 Å². The van der Waals surface area contributed by atoms with Crippen molar-refractivity contribution < 1.29 is 33.0 Å². The molecule has 3 aromatic rings. The standard InChI is InChI=1S/C22H22BrFN2O6/c1-2-30-19(27)4-3-9-31-15-7-5-13(6-8-15)10-18(21(28)29)26-22-25-17-12-14(23)11-16(24)20(17)32-22/h5-8,11-12,18H,2-4,9-10H2,1H3,(H,25,26)(H,28,29)/t18-/m0/s1. The Morgan fingerprint density at radius 1 is 1.28 bits per heavy atom. The second kappa shape index (κ2) is 10.9. The first kappa shape index (κ1) is 23.5. The number of anilines is 1. The van der Waals surface area contributed by atoms with Crippen LogP contribution in [0.15, 0.2) is 45.3 Å².